The lowest BCUT2D eigenvalue weighted by molar-refractivity contribution is -0.142. The van der Waals surface area contributed by atoms with Gasteiger partial charge in [0.15, 0.2) is 0 Å². The maximum absolute atomic E-state index is 12.3. The molecule has 0 fully saturated rings. The summed E-state index contributed by atoms with van der Waals surface area (Å²) in [7, 11) is 0. The molecule has 0 saturated carbocycles. The minimum atomic E-state index is -1.33. The molecule has 4 amide bonds. The molecule has 0 aromatic heterocycles. The number of carboxylic acids is 1. The number of amides is 4. The van der Waals surface area contributed by atoms with Gasteiger partial charge in [-0.1, -0.05) is 0 Å². The number of carbonyl (C=O) groups is 5. The largest absolute Gasteiger partial charge is 0.480 e. The summed E-state index contributed by atoms with van der Waals surface area (Å²) in [5, 5.41) is 16.1. The highest BCUT2D eigenvalue weighted by molar-refractivity contribution is 7.80. The van der Waals surface area contributed by atoms with Gasteiger partial charge in [0.05, 0.1) is 13.0 Å². The highest BCUT2D eigenvalue weighted by atomic mass is 32.1. The monoisotopic (exact) mass is 420 g/mol. The molecule has 160 valence electrons. The van der Waals surface area contributed by atoms with Crippen LogP contribution in [-0.2, 0) is 24.0 Å². The van der Waals surface area contributed by atoms with E-state index in [-0.39, 0.29) is 12.2 Å². The summed E-state index contributed by atoms with van der Waals surface area (Å²) in [6, 6.07) is -3.68. The second-order valence-electron chi connectivity index (χ2n) is 5.92. The number of unbranched alkanes of at least 4 members (excludes halogenated alkanes) is 1. The van der Waals surface area contributed by atoms with E-state index >= 15 is 0 Å². The van der Waals surface area contributed by atoms with E-state index in [2.05, 4.69) is 28.6 Å². The van der Waals surface area contributed by atoms with Crippen LogP contribution in [0.3, 0.4) is 0 Å². The number of hydrogen-bond acceptors (Lipinski definition) is 8. The number of thiol groups is 1. The highest BCUT2D eigenvalue weighted by Crippen LogP contribution is 2.03. The molecule has 0 aromatic rings. The number of rotatable bonds is 14. The van der Waals surface area contributed by atoms with Crippen molar-refractivity contribution in [2.45, 2.75) is 43.8 Å². The van der Waals surface area contributed by atoms with Gasteiger partial charge in [-0.25, -0.2) is 4.79 Å². The zero-order chi connectivity index (χ0) is 21.7. The topological polar surface area (TPSA) is 220 Å². The van der Waals surface area contributed by atoms with Crippen LogP contribution in [0.25, 0.3) is 0 Å². The first-order chi connectivity index (χ1) is 13.2. The van der Waals surface area contributed by atoms with E-state index < -0.39 is 60.7 Å². The van der Waals surface area contributed by atoms with Crippen LogP contribution in [0.5, 0.6) is 0 Å². The molecule has 0 bridgehead atoms. The third-order valence-corrected chi connectivity index (χ3v) is 3.98. The van der Waals surface area contributed by atoms with E-state index in [1.807, 2.05) is 0 Å². The lowest BCUT2D eigenvalue weighted by Gasteiger charge is -2.23. The van der Waals surface area contributed by atoms with Crippen LogP contribution in [0, 0.1) is 0 Å². The normalized spacial score (nSPS) is 13.7. The molecule has 0 aliphatic heterocycles. The van der Waals surface area contributed by atoms with Crippen LogP contribution >= 0.6 is 12.6 Å². The van der Waals surface area contributed by atoms with Gasteiger partial charge in [-0.3, -0.25) is 19.2 Å². The number of nitrogens with two attached hydrogens (primary N) is 3. The summed E-state index contributed by atoms with van der Waals surface area (Å²) < 4.78 is 0. The zero-order valence-electron chi connectivity index (χ0n) is 15.3. The van der Waals surface area contributed by atoms with E-state index in [0.717, 1.165) is 0 Å². The molecule has 3 atom stereocenters. The van der Waals surface area contributed by atoms with Crippen LogP contribution < -0.4 is 33.2 Å². The Labute approximate surface area is 167 Å². The molecule has 0 heterocycles. The number of primary amides is 1. The summed E-state index contributed by atoms with van der Waals surface area (Å²) in [4.78, 5) is 58.4. The summed E-state index contributed by atoms with van der Waals surface area (Å²) in [6.45, 7) is -0.0203. The van der Waals surface area contributed by atoms with Crippen molar-refractivity contribution in [3.8, 4) is 0 Å². The molecule has 13 heteroatoms. The number of aliphatic carboxylic acids is 1. The van der Waals surface area contributed by atoms with Gasteiger partial charge in [-0.15, -0.1) is 0 Å². The minimum absolute atomic E-state index is 0.152. The summed E-state index contributed by atoms with van der Waals surface area (Å²) in [5.74, 6) is -4.55. The van der Waals surface area contributed by atoms with E-state index in [0.29, 0.717) is 19.4 Å². The lowest BCUT2D eigenvalue weighted by atomic mass is 10.1. The lowest BCUT2D eigenvalue weighted by Crippen LogP contribution is -2.57. The van der Waals surface area contributed by atoms with Gasteiger partial charge in [0.25, 0.3) is 0 Å². The minimum Gasteiger partial charge on any atom is -0.480 e. The molecular weight excluding hydrogens is 392 g/mol. The van der Waals surface area contributed by atoms with Crippen LogP contribution in [-0.4, -0.2) is 71.7 Å². The number of nitrogens with one attached hydrogen (secondary N) is 3. The summed E-state index contributed by atoms with van der Waals surface area (Å²) in [5.41, 5.74) is 15.6. The second-order valence-corrected chi connectivity index (χ2v) is 6.29. The Morgan fingerprint density at radius 1 is 0.893 bits per heavy atom. The van der Waals surface area contributed by atoms with Gasteiger partial charge < -0.3 is 38.3 Å². The molecule has 0 aliphatic carbocycles. The fourth-order valence-corrected chi connectivity index (χ4v) is 2.41. The van der Waals surface area contributed by atoms with Crippen LogP contribution in [0.2, 0.25) is 0 Å². The van der Waals surface area contributed by atoms with Crippen LogP contribution in [0.1, 0.15) is 25.7 Å². The van der Waals surface area contributed by atoms with Crippen LogP contribution in [0.15, 0.2) is 0 Å². The average molecular weight is 420 g/mol. The van der Waals surface area contributed by atoms with Crippen molar-refractivity contribution in [2.75, 3.05) is 18.8 Å². The Morgan fingerprint density at radius 2 is 1.46 bits per heavy atom. The smallest absolute Gasteiger partial charge is 0.326 e. The Hall–Kier alpha value is -2.38. The maximum Gasteiger partial charge on any atom is 0.326 e. The molecule has 0 saturated heterocycles. The third kappa shape index (κ3) is 10.1. The summed E-state index contributed by atoms with van der Waals surface area (Å²) >= 11 is 3.98. The van der Waals surface area contributed by atoms with Crippen molar-refractivity contribution in [3.05, 3.63) is 0 Å². The van der Waals surface area contributed by atoms with Gasteiger partial charge >= 0.3 is 5.97 Å². The molecule has 0 radical (unpaired) electrons. The van der Waals surface area contributed by atoms with E-state index in [4.69, 9.17) is 17.2 Å². The fraction of sp³-hybridized carbons (Fsp3) is 0.667. The fourth-order valence-electron chi connectivity index (χ4n) is 2.15. The molecular formula is C15H28N6O6S. The van der Waals surface area contributed by atoms with Crippen molar-refractivity contribution in [1.82, 2.24) is 16.0 Å². The average Bonchev–Trinajstić information content (AvgIpc) is 2.63. The highest BCUT2D eigenvalue weighted by Gasteiger charge is 2.29. The predicted molar refractivity (Wildman–Crippen MR) is 103 cm³/mol. The van der Waals surface area contributed by atoms with Crippen LogP contribution in [0.4, 0.5) is 0 Å². The maximum atomic E-state index is 12.3. The molecule has 12 nitrogen and oxygen atoms in total. The van der Waals surface area contributed by atoms with Crippen molar-refractivity contribution >= 4 is 42.2 Å². The van der Waals surface area contributed by atoms with Crippen molar-refractivity contribution in [3.63, 3.8) is 0 Å². The standard InChI is InChI=1S/C15H28N6O6S/c16-4-2-1-3-8(15(26)27)20-14(25)10(7-28)21-13(24)9(5-11(18)22)19-12(23)6-17/h8-10,28H,1-7,16-17H2,(H2,18,22)(H,19,23)(H,20,25)(H,21,24)(H,26,27). The van der Waals surface area contributed by atoms with Gasteiger partial charge in [0.1, 0.15) is 18.1 Å². The van der Waals surface area contributed by atoms with E-state index in [1.165, 1.54) is 0 Å². The van der Waals surface area contributed by atoms with Crippen molar-refractivity contribution in [2.24, 2.45) is 17.2 Å². The SMILES string of the molecule is NCCCCC(NC(=O)C(CS)NC(=O)C(CC(N)=O)NC(=O)CN)C(=O)O. The predicted octanol–water partition coefficient (Wildman–Crippen LogP) is -3.58. The van der Waals surface area contributed by atoms with Crippen molar-refractivity contribution < 1.29 is 29.1 Å². The quantitative estimate of drug-likeness (QED) is 0.103. The number of carbonyl (C=O) groups excluding carboxylic acids is 4. The first-order valence-electron chi connectivity index (χ1n) is 8.58. The number of hydrogen-bond donors (Lipinski definition) is 8. The second kappa shape index (κ2) is 13.7. The molecule has 10 N–H and O–H groups in total. The van der Waals surface area contributed by atoms with E-state index in [9.17, 15) is 29.1 Å². The Morgan fingerprint density at radius 3 is 1.93 bits per heavy atom. The first kappa shape index (κ1) is 25.6. The molecule has 0 spiro atoms. The molecule has 3 unspecified atom stereocenters. The van der Waals surface area contributed by atoms with Gasteiger partial charge in [-0.05, 0) is 25.8 Å². The summed E-state index contributed by atoms with van der Waals surface area (Å²) in [6.07, 6.45) is 0.761. The van der Waals surface area contributed by atoms with Gasteiger partial charge in [-0.2, -0.15) is 12.6 Å². The zero-order valence-corrected chi connectivity index (χ0v) is 16.2. The Kier molecular flexibility index (Phi) is 12.6. The van der Waals surface area contributed by atoms with Gasteiger partial charge in [0, 0.05) is 5.75 Å². The number of carboxylic acid groups (broad SMARTS) is 1. The Bertz CT molecular complexity index is 575. The molecule has 28 heavy (non-hydrogen) atoms. The Balaban J connectivity index is 5.02. The van der Waals surface area contributed by atoms with E-state index in [1.54, 1.807) is 0 Å². The molecule has 0 aromatic carbocycles. The van der Waals surface area contributed by atoms with Gasteiger partial charge in [0.2, 0.25) is 23.6 Å². The third-order valence-electron chi connectivity index (χ3n) is 3.62. The van der Waals surface area contributed by atoms with Crippen molar-refractivity contribution in [1.29, 1.82) is 0 Å². The molecule has 0 aliphatic rings. The first-order valence-corrected chi connectivity index (χ1v) is 9.21. The molecule has 0 rings (SSSR count).